The van der Waals surface area contributed by atoms with Gasteiger partial charge in [0.2, 0.25) is 5.91 Å². The van der Waals surface area contributed by atoms with E-state index in [1.165, 1.54) is 21.2 Å². The first-order valence-electron chi connectivity index (χ1n) is 10.4. The van der Waals surface area contributed by atoms with Crippen LogP contribution in [0.15, 0.2) is 40.9 Å². The molecule has 7 nitrogen and oxygen atoms in total. The van der Waals surface area contributed by atoms with Gasteiger partial charge in [-0.1, -0.05) is 6.07 Å². The van der Waals surface area contributed by atoms with E-state index in [0.717, 1.165) is 37.4 Å². The normalized spacial score (nSPS) is 21.6. The number of amides is 1. The Labute approximate surface area is 182 Å². The Morgan fingerprint density at radius 1 is 1.17 bits per heavy atom. The van der Waals surface area contributed by atoms with E-state index in [0.29, 0.717) is 23.8 Å². The molecule has 0 spiro atoms. The van der Waals surface area contributed by atoms with Crippen molar-refractivity contribution in [2.45, 2.75) is 30.5 Å². The van der Waals surface area contributed by atoms with E-state index in [2.05, 4.69) is 16.0 Å². The number of hydrogen-bond acceptors (Lipinski definition) is 6. The first kappa shape index (κ1) is 21.4. The lowest BCUT2D eigenvalue weighted by molar-refractivity contribution is -0.138. The highest BCUT2D eigenvalue weighted by Gasteiger charge is 2.36. The van der Waals surface area contributed by atoms with Crippen molar-refractivity contribution < 1.29 is 13.2 Å². The molecule has 0 aliphatic carbocycles. The minimum atomic E-state index is -3.51. The maximum Gasteiger partial charge on any atom is 0.252 e. The third kappa shape index (κ3) is 4.74. The Morgan fingerprint density at radius 2 is 1.97 bits per heavy atom. The van der Waals surface area contributed by atoms with Gasteiger partial charge in [-0.15, -0.1) is 11.3 Å². The number of sulfonamides is 1. The molecule has 2 fully saturated rings. The molecule has 2 saturated heterocycles. The number of piperazine rings is 1. The summed E-state index contributed by atoms with van der Waals surface area (Å²) in [4.78, 5) is 22.5. The summed E-state index contributed by atoms with van der Waals surface area (Å²) in [6.07, 6.45) is 5.13. The lowest BCUT2D eigenvalue weighted by Crippen LogP contribution is -2.52. The number of carbonyl (C=O) groups is 1. The van der Waals surface area contributed by atoms with Gasteiger partial charge in [0.05, 0.1) is 5.92 Å². The molecule has 9 heteroatoms. The van der Waals surface area contributed by atoms with E-state index in [-0.39, 0.29) is 18.4 Å². The monoisotopic (exact) mass is 448 g/mol. The predicted octanol–water partition coefficient (Wildman–Crippen LogP) is 2.20. The zero-order valence-electron chi connectivity index (χ0n) is 17.2. The van der Waals surface area contributed by atoms with Gasteiger partial charge in [0.25, 0.3) is 10.0 Å². The quantitative estimate of drug-likeness (QED) is 0.701. The first-order chi connectivity index (χ1) is 14.4. The Morgan fingerprint density at radius 3 is 2.63 bits per heavy atom. The van der Waals surface area contributed by atoms with Gasteiger partial charge < -0.3 is 4.90 Å². The van der Waals surface area contributed by atoms with Crippen LogP contribution in [0.1, 0.15) is 23.3 Å². The molecule has 0 bridgehead atoms. The Bertz CT molecular complexity index is 969. The van der Waals surface area contributed by atoms with Crippen LogP contribution in [-0.4, -0.2) is 72.7 Å². The maximum atomic E-state index is 13.1. The van der Waals surface area contributed by atoms with Crippen molar-refractivity contribution in [2.24, 2.45) is 5.92 Å². The summed E-state index contributed by atoms with van der Waals surface area (Å²) < 4.78 is 27.8. The number of nitrogens with zero attached hydrogens (tertiary/aromatic N) is 4. The second-order valence-electron chi connectivity index (χ2n) is 8.03. The molecule has 162 valence electrons. The molecule has 1 amide bonds. The van der Waals surface area contributed by atoms with Crippen LogP contribution in [-0.2, 0) is 21.4 Å². The molecular weight excluding hydrogens is 420 g/mol. The van der Waals surface area contributed by atoms with Gasteiger partial charge in [-0.05, 0) is 43.5 Å². The summed E-state index contributed by atoms with van der Waals surface area (Å²) in [5.41, 5.74) is 1.18. The largest absolute Gasteiger partial charge is 0.340 e. The topological polar surface area (TPSA) is 73.8 Å². The second kappa shape index (κ2) is 9.13. The number of pyridine rings is 1. The maximum absolute atomic E-state index is 13.1. The van der Waals surface area contributed by atoms with E-state index in [9.17, 15) is 13.2 Å². The van der Waals surface area contributed by atoms with Gasteiger partial charge in [-0.3, -0.25) is 14.7 Å². The van der Waals surface area contributed by atoms with Crippen molar-refractivity contribution >= 4 is 27.3 Å². The van der Waals surface area contributed by atoms with Crippen molar-refractivity contribution in [3.63, 3.8) is 0 Å². The van der Waals surface area contributed by atoms with Crippen LogP contribution in [0.3, 0.4) is 0 Å². The lowest BCUT2D eigenvalue weighted by Gasteiger charge is -2.38. The number of thiophene rings is 1. The highest BCUT2D eigenvalue weighted by molar-refractivity contribution is 7.91. The van der Waals surface area contributed by atoms with E-state index in [4.69, 9.17) is 0 Å². The highest BCUT2D eigenvalue weighted by atomic mass is 32.2. The molecule has 1 unspecified atom stereocenters. The average molecular weight is 449 g/mol. The summed E-state index contributed by atoms with van der Waals surface area (Å²) >= 11 is 1.29. The highest BCUT2D eigenvalue weighted by Crippen LogP contribution is 2.29. The number of rotatable bonds is 5. The van der Waals surface area contributed by atoms with E-state index >= 15 is 0 Å². The van der Waals surface area contributed by atoms with Crippen molar-refractivity contribution in [2.75, 3.05) is 39.3 Å². The van der Waals surface area contributed by atoms with Crippen LogP contribution in [0.2, 0.25) is 0 Å². The molecule has 2 aromatic heterocycles. The predicted molar refractivity (Wildman–Crippen MR) is 117 cm³/mol. The van der Waals surface area contributed by atoms with Gasteiger partial charge >= 0.3 is 0 Å². The average Bonchev–Trinajstić information content (AvgIpc) is 3.22. The summed E-state index contributed by atoms with van der Waals surface area (Å²) in [5.74, 6) is -0.155. The minimum absolute atomic E-state index is 0.0956. The van der Waals surface area contributed by atoms with Crippen LogP contribution in [0, 0.1) is 12.8 Å². The molecule has 2 aliphatic rings. The molecule has 4 rings (SSSR count). The van der Waals surface area contributed by atoms with Crippen molar-refractivity contribution in [3.05, 3.63) is 47.1 Å². The van der Waals surface area contributed by atoms with Gasteiger partial charge in [-0.25, -0.2) is 8.42 Å². The summed E-state index contributed by atoms with van der Waals surface area (Å²) in [6.45, 7) is 6.54. The number of aryl methyl sites for hydroxylation is 1. The number of aromatic nitrogens is 1. The van der Waals surface area contributed by atoms with E-state index in [1.54, 1.807) is 12.3 Å². The molecule has 1 atom stereocenters. The van der Waals surface area contributed by atoms with Gasteiger partial charge in [-0.2, -0.15) is 4.31 Å². The van der Waals surface area contributed by atoms with Crippen LogP contribution in [0.5, 0.6) is 0 Å². The first-order valence-corrected chi connectivity index (χ1v) is 12.7. The minimum Gasteiger partial charge on any atom is -0.340 e. The third-order valence-electron chi connectivity index (χ3n) is 5.86. The molecule has 2 aromatic rings. The molecule has 0 radical (unpaired) electrons. The molecule has 0 N–H and O–H groups in total. The van der Waals surface area contributed by atoms with Crippen molar-refractivity contribution in [3.8, 4) is 0 Å². The zero-order valence-corrected chi connectivity index (χ0v) is 18.9. The summed E-state index contributed by atoms with van der Waals surface area (Å²) in [6, 6.07) is 7.50. The Hall–Kier alpha value is -1.81. The Kier molecular flexibility index (Phi) is 6.52. The number of hydrogen-bond donors (Lipinski definition) is 0. The molecule has 2 aliphatic heterocycles. The molecule has 4 heterocycles. The molecule has 0 aromatic carbocycles. The summed E-state index contributed by atoms with van der Waals surface area (Å²) in [5, 5.41) is 0. The zero-order chi connectivity index (χ0) is 21.1. The van der Waals surface area contributed by atoms with Gasteiger partial charge in [0, 0.05) is 63.1 Å². The Balaban J connectivity index is 1.34. The number of piperidine rings is 1. The fourth-order valence-corrected chi connectivity index (χ4v) is 7.14. The molecular formula is C21H28N4O3S2. The van der Waals surface area contributed by atoms with Crippen LogP contribution < -0.4 is 0 Å². The van der Waals surface area contributed by atoms with Crippen LogP contribution in [0.4, 0.5) is 0 Å². The van der Waals surface area contributed by atoms with Gasteiger partial charge in [0.1, 0.15) is 4.21 Å². The van der Waals surface area contributed by atoms with Gasteiger partial charge in [0.15, 0.2) is 0 Å². The van der Waals surface area contributed by atoms with Crippen molar-refractivity contribution in [1.82, 2.24) is 19.1 Å². The third-order valence-corrected chi connectivity index (χ3v) is 9.19. The fraction of sp³-hybridized carbons (Fsp3) is 0.524. The lowest BCUT2D eigenvalue weighted by atomic mass is 9.97. The van der Waals surface area contributed by atoms with Crippen LogP contribution >= 0.6 is 11.3 Å². The SMILES string of the molecule is Cc1ccc(S(=O)(=O)N2CCCC(C(=O)N3CCN(Cc4cccnc4)CC3)C2)s1. The second-order valence-corrected chi connectivity index (χ2v) is 11.5. The van der Waals surface area contributed by atoms with Crippen LogP contribution in [0.25, 0.3) is 0 Å². The van der Waals surface area contributed by atoms with E-state index < -0.39 is 10.0 Å². The number of carbonyl (C=O) groups excluding carboxylic acids is 1. The van der Waals surface area contributed by atoms with E-state index in [1.807, 2.05) is 30.2 Å². The summed E-state index contributed by atoms with van der Waals surface area (Å²) in [7, 11) is -3.51. The smallest absolute Gasteiger partial charge is 0.252 e. The standard InChI is InChI=1S/C21H28N4O3S2/c1-17-6-7-20(29-17)30(27,28)25-9-3-5-19(16-25)21(26)24-12-10-23(11-13-24)15-18-4-2-8-22-14-18/h2,4,6-8,14,19H,3,5,9-13,15-16H2,1H3. The van der Waals surface area contributed by atoms with Crippen molar-refractivity contribution in [1.29, 1.82) is 0 Å². The fourth-order valence-electron chi connectivity index (χ4n) is 4.17. The molecule has 0 saturated carbocycles. The molecule has 30 heavy (non-hydrogen) atoms.